The first-order valence-corrected chi connectivity index (χ1v) is 6.95. The molecule has 0 radical (unpaired) electrons. The van der Waals surface area contributed by atoms with Gasteiger partial charge in [0.1, 0.15) is 5.78 Å². The smallest absolute Gasteiger partial charge is 0.139 e. The molecule has 0 saturated heterocycles. The Balaban J connectivity index is 2.24. The monoisotopic (exact) mass is 242 g/mol. The fourth-order valence-corrected chi connectivity index (χ4v) is 3.07. The molecule has 1 aliphatic carbocycles. The number of hydrogen-bond donors (Lipinski definition) is 0. The fraction of sp³-hybridized carbons (Fsp3) is 0.471. The standard InChI is InChI=1S/C17H22O/c1-2-12-17(13-8-4-7-11-16(17)18)14-15-9-5-3-6-10-15/h2-3,5-6,9-10H,1,4,7-8,11-14H2/t17-/m1/s1. The van der Waals surface area contributed by atoms with Gasteiger partial charge in [0.15, 0.2) is 0 Å². The first-order valence-electron chi connectivity index (χ1n) is 6.95. The number of rotatable bonds is 4. The maximum Gasteiger partial charge on any atom is 0.139 e. The molecule has 0 heterocycles. The molecule has 0 spiro atoms. The van der Waals surface area contributed by atoms with Gasteiger partial charge in [0, 0.05) is 11.8 Å². The van der Waals surface area contributed by atoms with E-state index in [1.165, 1.54) is 18.4 Å². The van der Waals surface area contributed by atoms with Crippen molar-refractivity contribution in [2.75, 3.05) is 0 Å². The average Bonchev–Trinajstić information content (AvgIpc) is 2.55. The first-order chi connectivity index (χ1) is 8.77. The predicted octanol–water partition coefficient (Wildman–Crippen LogP) is 4.32. The Morgan fingerprint density at radius 2 is 1.94 bits per heavy atom. The minimum atomic E-state index is -0.181. The quantitative estimate of drug-likeness (QED) is 0.567. The zero-order valence-corrected chi connectivity index (χ0v) is 11.0. The molecule has 1 aromatic rings. The molecule has 0 bridgehead atoms. The van der Waals surface area contributed by atoms with Crippen molar-refractivity contribution in [1.29, 1.82) is 0 Å². The van der Waals surface area contributed by atoms with Crippen LogP contribution in [0, 0.1) is 5.41 Å². The summed E-state index contributed by atoms with van der Waals surface area (Å²) in [5.74, 6) is 0.448. The van der Waals surface area contributed by atoms with E-state index in [4.69, 9.17) is 0 Å². The van der Waals surface area contributed by atoms with Crippen molar-refractivity contribution in [2.45, 2.75) is 44.9 Å². The summed E-state index contributed by atoms with van der Waals surface area (Å²) >= 11 is 0. The van der Waals surface area contributed by atoms with Gasteiger partial charge in [-0.15, -0.1) is 6.58 Å². The van der Waals surface area contributed by atoms with Crippen molar-refractivity contribution in [3.8, 4) is 0 Å². The molecule has 1 saturated carbocycles. The summed E-state index contributed by atoms with van der Waals surface area (Å²) in [6.45, 7) is 3.85. The Labute approximate surface area is 110 Å². The summed E-state index contributed by atoms with van der Waals surface area (Å²) in [5.41, 5.74) is 1.09. The maximum absolute atomic E-state index is 12.5. The highest BCUT2D eigenvalue weighted by Gasteiger charge is 2.37. The molecule has 1 aliphatic rings. The molecule has 0 aliphatic heterocycles. The maximum atomic E-state index is 12.5. The largest absolute Gasteiger partial charge is 0.299 e. The van der Waals surface area contributed by atoms with E-state index in [1.807, 2.05) is 12.1 Å². The molecule has 0 N–H and O–H groups in total. The Morgan fingerprint density at radius 3 is 2.67 bits per heavy atom. The molecule has 1 heteroatoms. The van der Waals surface area contributed by atoms with E-state index in [0.29, 0.717) is 5.78 Å². The second-order valence-electron chi connectivity index (χ2n) is 5.42. The van der Waals surface area contributed by atoms with Crippen molar-refractivity contribution in [3.63, 3.8) is 0 Å². The molecule has 96 valence electrons. The minimum absolute atomic E-state index is 0.181. The van der Waals surface area contributed by atoms with E-state index in [-0.39, 0.29) is 5.41 Å². The number of allylic oxidation sites excluding steroid dienone is 1. The van der Waals surface area contributed by atoms with Crippen LogP contribution in [-0.2, 0) is 11.2 Å². The van der Waals surface area contributed by atoms with Gasteiger partial charge >= 0.3 is 0 Å². The van der Waals surface area contributed by atoms with Gasteiger partial charge in [-0.25, -0.2) is 0 Å². The summed E-state index contributed by atoms with van der Waals surface area (Å²) in [4.78, 5) is 12.5. The van der Waals surface area contributed by atoms with Crippen molar-refractivity contribution in [2.24, 2.45) is 5.41 Å². The van der Waals surface area contributed by atoms with Crippen LogP contribution in [-0.4, -0.2) is 5.78 Å². The van der Waals surface area contributed by atoms with Gasteiger partial charge in [-0.05, 0) is 31.2 Å². The molecule has 0 aromatic heterocycles. The van der Waals surface area contributed by atoms with Crippen LogP contribution in [0.2, 0.25) is 0 Å². The molecule has 2 rings (SSSR count). The van der Waals surface area contributed by atoms with Crippen molar-refractivity contribution in [3.05, 3.63) is 48.6 Å². The van der Waals surface area contributed by atoms with E-state index in [9.17, 15) is 4.79 Å². The Hall–Kier alpha value is -1.37. The lowest BCUT2D eigenvalue weighted by Gasteiger charge is -2.30. The van der Waals surface area contributed by atoms with Crippen LogP contribution < -0.4 is 0 Å². The summed E-state index contributed by atoms with van der Waals surface area (Å²) in [7, 11) is 0. The van der Waals surface area contributed by atoms with E-state index >= 15 is 0 Å². The van der Waals surface area contributed by atoms with Crippen molar-refractivity contribution < 1.29 is 4.79 Å². The van der Waals surface area contributed by atoms with Gasteiger partial charge in [-0.2, -0.15) is 0 Å². The lowest BCUT2D eigenvalue weighted by atomic mass is 9.72. The second kappa shape index (κ2) is 5.99. The minimum Gasteiger partial charge on any atom is -0.299 e. The zero-order valence-electron chi connectivity index (χ0n) is 11.0. The van der Waals surface area contributed by atoms with Crippen LogP contribution >= 0.6 is 0 Å². The number of benzene rings is 1. The van der Waals surface area contributed by atoms with E-state index in [2.05, 4.69) is 30.8 Å². The van der Waals surface area contributed by atoms with Crippen LogP contribution in [0.15, 0.2) is 43.0 Å². The molecule has 1 nitrogen and oxygen atoms in total. The summed E-state index contributed by atoms with van der Waals surface area (Å²) in [5, 5.41) is 0. The summed E-state index contributed by atoms with van der Waals surface area (Å²) < 4.78 is 0. The van der Waals surface area contributed by atoms with Gasteiger partial charge < -0.3 is 0 Å². The highest BCUT2D eigenvalue weighted by atomic mass is 16.1. The van der Waals surface area contributed by atoms with E-state index in [1.54, 1.807) is 0 Å². The normalized spacial score (nSPS) is 24.6. The summed E-state index contributed by atoms with van der Waals surface area (Å²) in [6.07, 6.45) is 8.82. The van der Waals surface area contributed by atoms with Gasteiger partial charge in [0.2, 0.25) is 0 Å². The number of ketones is 1. The van der Waals surface area contributed by atoms with Crippen molar-refractivity contribution >= 4 is 5.78 Å². The van der Waals surface area contributed by atoms with Gasteiger partial charge in [0.05, 0.1) is 0 Å². The van der Waals surface area contributed by atoms with Gasteiger partial charge in [0.25, 0.3) is 0 Å². The first kappa shape index (κ1) is 13.1. The van der Waals surface area contributed by atoms with Crippen LogP contribution in [0.3, 0.4) is 0 Å². The topological polar surface area (TPSA) is 17.1 Å². The van der Waals surface area contributed by atoms with Gasteiger partial charge in [-0.1, -0.05) is 49.2 Å². The highest BCUT2D eigenvalue weighted by Crippen LogP contribution is 2.38. The Bertz CT molecular complexity index is 407. The molecular formula is C17H22O. The second-order valence-corrected chi connectivity index (χ2v) is 5.42. The third-order valence-corrected chi connectivity index (χ3v) is 4.07. The molecule has 18 heavy (non-hydrogen) atoms. The Kier molecular flexibility index (Phi) is 4.35. The van der Waals surface area contributed by atoms with Crippen LogP contribution in [0.5, 0.6) is 0 Å². The molecular weight excluding hydrogens is 220 g/mol. The lowest BCUT2D eigenvalue weighted by Crippen LogP contribution is -2.32. The SMILES string of the molecule is C=CC[C@]1(Cc2ccccc2)CCCCCC1=O. The predicted molar refractivity (Wildman–Crippen MR) is 75.5 cm³/mol. The van der Waals surface area contributed by atoms with E-state index in [0.717, 1.165) is 32.1 Å². The fourth-order valence-electron chi connectivity index (χ4n) is 3.07. The lowest BCUT2D eigenvalue weighted by molar-refractivity contribution is -0.128. The average molecular weight is 242 g/mol. The molecule has 1 atom stereocenters. The Morgan fingerprint density at radius 1 is 1.17 bits per heavy atom. The van der Waals surface area contributed by atoms with Gasteiger partial charge in [-0.3, -0.25) is 4.79 Å². The summed E-state index contributed by atoms with van der Waals surface area (Å²) in [6, 6.07) is 10.4. The molecule has 0 amide bonds. The number of carbonyl (C=O) groups is 1. The third-order valence-electron chi connectivity index (χ3n) is 4.07. The molecule has 0 unspecified atom stereocenters. The van der Waals surface area contributed by atoms with Crippen molar-refractivity contribution in [1.82, 2.24) is 0 Å². The highest BCUT2D eigenvalue weighted by molar-refractivity contribution is 5.85. The number of carbonyl (C=O) groups excluding carboxylic acids is 1. The number of hydrogen-bond acceptors (Lipinski definition) is 1. The molecule has 1 aromatic carbocycles. The molecule has 1 fully saturated rings. The van der Waals surface area contributed by atoms with Crippen LogP contribution in [0.4, 0.5) is 0 Å². The third kappa shape index (κ3) is 2.90. The van der Waals surface area contributed by atoms with Crippen LogP contribution in [0.25, 0.3) is 0 Å². The zero-order chi connectivity index (χ0) is 12.8. The number of Topliss-reactive ketones (excluding diaryl/α,β-unsaturated/α-hetero) is 1. The van der Waals surface area contributed by atoms with Crippen LogP contribution in [0.1, 0.15) is 44.1 Å². The van der Waals surface area contributed by atoms with E-state index < -0.39 is 0 Å².